The van der Waals surface area contributed by atoms with E-state index in [1.165, 1.54) is 0 Å². The Bertz CT molecular complexity index is 545. The van der Waals surface area contributed by atoms with Gasteiger partial charge in [0, 0.05) is 17.0 Å². The number of primary amides is 1. The van der Waals surface area contributed by atoms with E-state index in [0.29, 0.717) is 16.1 Å². The van der Waals surface area contributed by atoms with E-state index in [1.807, 2.05) is 0 Å². The third-order valence-corrected chi connectivity index (χ3v) is 3.20. The Hall–Kier alpha value is -2.08. The summed E-state index contributed by atoms with van der Waals surface area (Å²) in [6, 6.07) is 3.61. The van der Waals surface area contributed by atoms with Crippen LogP contribution in [0, 0.1) is 6.92 Å². The van der Waals surface area contributed by atoms with E-state index >= 15 is 0 Å². The maximum atomic E-state index is 12.0. The number of halogens is 1. The molecule has 0 aromatic heterocycles. The van der Waals surface area contributed by atoms with Gasteiger partial charge in [0.15, 0.2) is 0 Å². The van der Waals surface area contributed by atoms with E-state index < -0.39 is 23.8 Å². The number of rotatable bonds is 6. The van der Waals surface area contributed by atoms with Gasteiger partial charge in [-0.05, 0) is 31.0 Å². The third kappa shape index (κ3) is 4.24. The molecule has 0 aliphatic heterocycles. The molecule has 1 aromatic rings. The lowest BCUT2D eigenvalue weighted by atomic mass is 10.1. The van der Waals surface area contributed by atoms with Crippen molar-refractivity contribution in [2.24, 2.45) is 5.73 Å². The zero-order valence-electron chi connectivity index (χ0n) is 10.9. The van der Waals surface area contributed by atoms with Crippen LogP contribution in [0.4, 0.5) is 0 Å². The highest BCUT2D eigenvalue weighted by atomic mass is 35.5. The molecule has 0 radical (unpaired) electrons. The van der Waals surface area contributed by atoms with Crippen molar-refractivity contribution in [2.75, 3.05) is 0 Å². The maximum Gasteiger partial charge on any atom is 0.326 e. The van der Waals surface area contributed by atoms with Crippen molar-refractivity contribution in [3.05, 3.63) is 34.3 Å². The number of nitrogens with one attached hydrogen (secondary N) is 1. The number of hydrogen-bond acceptors (Lipinski definition) is 3. The summed E-state index contributed by atoms with van der Waals surface area (Å²) in [6.07, 6.45) is -0.179. The monoisotopic (exact) mass is 298 g/mol. The summed E-state index contributed by atoms with van der Waals surface area (Å²) in [6.45, 7) is 1.66. The largest absolute Gasteiger partial charge is 0.480 e. The van der Waals surface area contributed by atoms with E-state index in [2.05, 4.69) is 5.32 Å². The topological polar surface area (TPSA) is 109 Å². The zero-order valence-corrected chi connectivity index (χ0v) is 11.6. The first-order valence-corrected chi connectivity index (χ1v) is 6.27. The first kappa shape index (κ1) is 16.0. The second-order valence-electron chi connectivity index (χ2n) is 4.28. The smallest absolute Gasteiger partial charge is 0.326 e. The van der Waals surface area contributed by atoms with E-state index in [1.54, 1.807) is 25.1 Å². The molecule has 0 fully saturated rings. The number of carboxylic acid groups (broad SMARTS) is 1. The normalized spacial score (nSPS) is 11.7. The fraction of sp³-hybridized carbons (Fsp3) is 0.308. The van der Waals surface area contributed by atoms with Crippen LogP contribution >= 0.6 is 11.6 Å². The molecular formula is C13H15ClN2O4. The lowest BCUT2D eigenvalue weighted by molar-refractivity contribution is -0.139. The number of hydrogen-bond donors (Lipinski definition) is 3. The van der Waals surface area contributed by atoms with Crippen molar-refractivity contribution < 1.29 is 19.5 Å². The number of carboxylic acids is 1. The van der Waals surface area contributed by atoms with E-state index in [0.717, 1.165) is 0 Å². The lowest BCUT2D eigenvalue weighted by Crippen LogP contribution is -2.41. The number of carbonyl (C=O) groups excluding carboxylic acids is 2. The molecule has 2 amide bonds. The summed E-state index contributed by atoms with van der Waals surface area (Å²) in [5.41, 5.74) is 5.82. The molecular weight excluding hydrogens is 284 g/mol. The minimum Gasteiger partial charge on any atom is -0.480 e. The fourth-order valence-electron chi connectivity index (χ4n) is 1.63. The van der Waals surface area contributed by atoms with Crippen LogP contribution in [0.2, 0.25) is 5.02 Å². The van der Waals surface area contributed by atoms with Crippen LogP contribution in [-0.4, -0.2) is 28.9 Å². The summed E-state index contributed by atoms with van der Waals surface area (Å²) in [7, 11) is 0. The second-order valence-corrected chi connectivity index (χ2v) is 4.69. The Morgan fingerprint density at radius 1 is 1.40 bits per heavy atom. The quantitative estimate of drug-likeness (QED) is 0.730. The molecule has 0 heterocycles. The first-order chi connectivity index (χ1) is 9.32. The molecule has 0 saturated heterocycles. The van der Waals surface area contributed by atoms with Gasteiger partial charge in [0.25, 0.3) is 5.91 Å². The summed E-state index contributed by atoms with van der Waals surface area (Å²) >= 11 is 5.90. The highest BCUT2D eigenvalue weighted by molar-refractivity contribution is 6.31. The van der Waals surface area contributed by atoms with Crippen molar-refractivity contribution in [2.45, 2.75) is 25.8 Å². The van der Waals surface area contributed by atoms with Crippen molar-refractivity contribution in [1.82, 2.24) is 5.32 Å². The predicted molar refractivity (Wildman–Crippen MR) is 73.5 cm³/mol. The van der Waals surface area contributed by atoms with Crippen LogP contribution in [0.5, 0.6) is 0 Å². The molecule has 1 rings (SSSR count). The molecule has 0 spiro atoms. The molecule has 0 bridgehead atoms. The summed E-state index contributed by atoms with van der Waals surface area (Å²) in [5.74, 6) is -2.40. The Morgan fingerprint density at radius 3 is 2.60 bits per heavy atom. The second kappa shape index (κ2) is 6.91. The van der Waals surface area contributed by atoms with Gasteiger partial charge in [-0.25, -0.2) is 4.79 Å². The zero-order chi connectivity index (χ0) is 15.3. The van der Waals surface area contributed by atoms with Gasteiger partial charge in [-0.3, -0.25) is 9.59 Å². The van der Waals surface area contributed by atoms with Crippen molar-refractivity contribution in [3.63, 3.8) is 0 Å². The third-order valence-electron chi connectivity index (χ3n) is 2.80. The van der Waals surface area contributed by atoms with Crippen molar-refractivity contribution >= 4 is 29.4 Å². The molecule has 0 unspecified atom stereocenters. The van der Waals surface area contributed by atoms with Gasteiger partial charge in [0.05, 0.1) is 0 Å². The van der Waals surface area contributed by atoms with Gasteiger partial charge in [-0.1, -0.05) is 17.7 Å². The molecule has 1 aromatic carbocycles. The van der Waals surface area contributed by atoms with Crippen molar-refractivity contribution in [1.29, 1.82) is 0 Å². The molecule has 7 heteroatoms. The van der Waals surface area contributed by atoms with Gasteiger partial charge >= 0.3 is 5.97 Å². The Labute approximate surface area is 120 Å². The van der Waals surface area contributed by atoms with Crippen LogP contribution < -0.4 is 11.1 Å². The summed E-state index contributed by atoms with van der Waals surface area (Å²) in [5, 5.41) is 11.8. The fourth-order valence-corrected chi connectivity index (χ4v) is 1.81. The average molecular weight is 299 g/mol. The molecule has 0 aliphatic rings. The Balaban J connectivity index is 2.83. The minimum absolute atomic E-state index is 0.0595. The average Bonchev–Trinajstić information content (AvgIpc) is 2.36. The van der Waals surface area contributed by atoms with Crippen LogP contribution in [0.25, 0.3) is 0 Å². The van der Waals surface area contributed by atoms with Gasteiger partial charge in [0.2, 0.25) is 5.91 Å². The summed E-state index contributed by atoms with van der Waals surface area (Å²) < 4.78 is 0. The van der Waals surface area contributed by atoms with Gasteiger partial charge in [0.1, 0.15) is 6.04 Å². The minimum atomic E-state index is -1.22. The Kier molecular flexibility index (Phi) is 5.52. The SMILES string of the molecule is Cc1c(Cl)cccc1C(=O)N[C@@H](CCC(N)=O)C(=O)O. The molecule has 0 saturated carbocycles. The predicted octanol–water partition coefficient (Wildman–Crippen LogP) is 1.10. The van der Waals surface area contributed by atoms with Gasteiger partial charge < -0.3 is 16.2 Å². The van der Waals surface area contributed by atoms with Gasteiger partial charge in [-0.2, -0.15) is 0 Å². The number of nitrogens with two attached hydrogens (primary N) is 1. The van der Waals surface area contributed by atoms with Crippen LogP contribution in [0.3, 0.4) is 0 Å². The van der Waals surface area contributed by atoms with E-state index in [-0.39, 0.29) is 12.8 Å². The number of aliphatic carboxylic acids is 1. The molecule has 20 heavy (non-hydrogen) atoms. The summed E-state index contributed by atoms with van der Waals surface area (Å²) in [4.78, 5) is 33.7. The number of amides is 2. The maximum absolute atomic E-state index is 12.0. The van der Waals surface area contributed by atoms with Gasteiger partial charge in [-0.15, -0.1) is 0 Å². The highest BCUT2D eigenvalue weighted by Gasteiger charge is 2.22. The van der Waals surface area contributed by atoms with Crippen molar-refractivity contribution in [3.8, 4) is 0 Å². The molecule has 6 nitrogen and oxygen atoms in total. The molecule has 0 aliphatic carbocycles. The number of benzene rings is 1. The molecule has 4 N–H and O–H groups in total. The van der Waals surface area contributed by atoms with E-state index in [4.69, 9.17) is 22.4 Å². The molecule has 1 atom stereocenters. The first-order valence-electron chi connectivity index (χ1n) is 5.90. The van der Waals surface area contributed by atoms with Crippen LogP contribution in [0.1, 0.15) is 28.8 Å². The highest BCUT2D eigenvalue weighted by Crippen LogP contribution is 2.18. The molecule has 108 valence electrons. The Morgan fingerprint density at radius 2 is 2.05 bits per heavy atom. The van der Waals surface area contributed by atoms with Crippen LogP contribution in [0.15, 0.2) is 18.2 Å². The standard InChI is InChI=1S/C13H15ClN2O4/c1-7-8(3-2-4-9(7)14)12(18)16-10(13(19)20)5-6-11(15)17/h2-4,10H,5-6H2,1H3,(H2,15,17)(H,16,18)(H,19,20)/t10-/m0/s1. The van der Waals surface area contributed by atoms with Crippen LogP contribution in [-0.2, 0) is 9.59 Å². The number of carbonyl (C=O) groups is 3. The lowest BCUT2D eigenvalue weighted by Gasteiger charge is -2.15. The van der Waals surface area contributed by atoms with E-state index in [9.17, 15) is 14.4 Å².